The molecule has 0 fully saturated rings. The summed E-state index contributed by atoms with van der Waals surface area (Å²) in [4.78, 5) is 2.08. The van der Waals surface area contributed by atoms with Gasteiger partial charge in [0.05, 0.1) is 0 Å². The van der Waals surface area contributed by atoms with Gasteiger partial charge in [-0.25, -0.2) is 0 Å². The average molecular weight is 213 g/mol. The fraction of sp³-hybridized carbons (Fsp3) is 0.455. The Kier molecular flexibility index (Phi) is 4.23. The van der Waals surface area contributed by atoms with E-state index in [0.717, 1.165) is 18.1 Å². The summed E-state index contributed by atoms with van der Waals surface area (Å²) in [5.41, 5.74) is 2.35. The molecule has 0 aliphatic heterocycles. The highest BCUT2D eigenvalue weighted by Crippen LogP contribution is 2.25. The van der Waals surface area contributed by atoms with E-state index in [-0.39, 0.29) is 0 Å². The molecule has 0 amide bonds. The van der Waals surface area contributed by atoms with Crippen LogP contribution < -0.4 is 10.2 Å². The highest BCUT2D eigenvalue weighted by atomic mass is 35.5. The molecule has 0 heterocycles. The van der Waals surface area contributed by atoms with Gasteiger partial charge >= 0.3 is 0 Å². The van der Waals surface area contributed by atoms with Crippen molar-refractivity contribution in [3.63, 3.8) is 0 Å². The third-order valence-corrected chi connectivity index (χ3v) is 2.48. The van der Waals surface area contributed by atoms with Gasteiger partial charge in [0.15, 0.2) is 0 Å². The van der Waals surface area contributed by atoms with E-state index in [2.05, 4.69) is 23.2 Å². The number of benzene rings is 1. The van der Waals surface area contributed by atoms with Gasteiger partial charge < -0.3 is 10.2 Å². The third kappa shape index (κ3) is 2.63. The summed E-state index contributed by atoms with van der Waals surface area (Å²) >= 11 is 6.14. The van der Waals surface area contributed by atoms with Crippen molar-refractivity contribution in [2.45, 2.75) is 13.5 Å². The number of nitrogens with one attached hydrogen (secondary N) is 1. The molecular formula is C11H17ClN2. The fourth-order valence-corrected chi connectivity index (χ4v) is 1.63. The average Bonchev–Trinajstić information content (AvgIpc) is 2.15. The molecule has 1 aromatic rings. The molecule has 0 atom stereocenters. The minimum absolute atomic E-state index is 0.823. The molecule has 78 valence electrons. The summed E-state index contributed by atoms with van der Waals surface area (Å²) in [6.45, 7) is 3.87. The molecule has 0 unspecified atom stereocenters. The highest BCUT2D eigenvalue weighted by molar-refractivity contribution is 6.31. The molecular weight excluding hydrogens is 196 g/mol. The SMILES string of the molecule is CCNCc1c(Cl)cccc1N(C)C. The molecule has 1 N–H and O–H groups in total. The van der Waals surface area contributed by atoms with Crippen LogP contribution in [0.4, 0.5) is 5.69 Å². The Hall–Kier alpha value is -0.730. The van der Waals surface area contributed by atoms with Crippen LogP contribution in [0.5, 0.6) is 0 Å². The van der Waals surface area contributed by atoms with Gasteiger partial charge in [-0.1, -0.05) is 24.6 Å². The van der Waals surface area contributed by atoms with Gasteiger partial charge in [0.25, 0.3) is 0 Å². The molecule has 1 aromatic carbocycles. The molecule has 0 saturated heterocycles. The van der Waals surface area contributed by atoms with E-state index in [1.165, 1.54) is 11.3 Å². The van der Waals surface area contributed by atoms with Crippen LogP contribution in [0.25, 0.3) is 0 Å². The van der Waals surface area contributed by atoms with Gasteiger partial charge in [-0.15, -0.1) is 0 Å². The van der Waals surface area contributed by atoms with Crippen molar-refractivity contribution < 1.29 is 0 Å². The van der Waals surface area contributed by atoms with E-state index in [9.17, 15) is 0 Å². The molecule has 14 heavy (non-hydrogen) atoms. The summed E-state index contributed by atoms with van der Waals surface area (Å²) in [5.74, 6) is 0. The lowest BCUT2D eigenvalue weighted by Crippen LogP contribution is -2.17. The smallest absolute Gasteiger partial charge is 0.0471 e. The standard InChI is InChI=1S/C11H17ClN2/c1-4-13-8-9-10(12)6-5-7-11(9)14(2)3/h5-7,13H,4,8H2,1-3H3. The number of rotatable bonds is 4. The van der Waals surface area contributed by atoms with Crippen molar-refractivity contribution in [1.82, 2.24) is 5.32 Å². The van der Waals surface area contributed by atoms with Crippen LogP contribution in [0.1, 0.15) is 12.5 Å². The Morgan fingerprint density at radius 2 is 2.07 bits per heavy atom. The fourth-order valence-electron chi connectivity index (χ4n) is 1.39. The van der Waals surface area contributed by atoms with E-state index < -0.39 is 0 Å². The Labute approximate surface area is 90.9 Å². The van der Waals surface area contributed by atoms with Crippen molar-refractivity contribution in [1.29, 1.82) is 0 Å². The molecule has 0 radical (unpaired) electrons. The Balaban J connectivity index is 2.96. The first-order valence-corrected chi connectivity index (χ1v) is 5.20. The second kappa shape index (κ2) is 5.23. The molecule has 1 rings (SSSR count). The van der Waals surface area contributed by atoms with E-state index >= 15 is 0 Å². The molecule has 0 saturated carbocycles. The lowest BCUT2D eigenvalue weighted by Gasteiger charge is -2.18. The molecule has 2 nitrogen and oxygen atoms in total. The third-order valence-electron chi connectivity index (χ3n) is 2.13. The molecule has 0 aromatic heterocycles. The minimum Gasteiger partial charge on any atom is -0.377 e. The highest BCUT2D eigenvalue weighted by Gasteiger charge is 2.07. The number of hydrogen-bond donors (Lipinski definition) is 1. The van der Waals surface area contributed by atoms with Crippen LogP contribution in [0.15, 0.2) is 18.2 Å². The maximum atomic E-state index is 6.14. The van der Waals surface area contributed by atoms with Crippen LogP contribution in [-0.4, -0.2) is 20.6 Å². The maximum Gasteiger partial charge on any atom is 0.0471 e. The summed E-state index contributed by atoms with van der Waals surface area (Å²) < 4.78 is 0. The van der Waals surface area contributed by atoms with E-state index in [1.807, 2.05) is 26.2 Å². The maximum absolute atomic E-state index is 6.14. The van der Waals surface area contributed by atoms with Crippen molar-refractivity contribution in [2.24, 2.45) is 0 Å². The molecule has 0 aliphatic rings. The summed E-state index contributed by atoms with van der Waals surface area (Å²) in [6, 6.07) is 5.99. The van der Waals surface area contributed by atoms with Crippen molar-refractivity contribution >= 4 is 17.3 Å². The number of nitrogens with zero attached hydrogens (tertiary/aromatic N) is 1. The van der Waals surface area contributed by atoms with Gasteiger partial charge in [-0.3, -0.25) is 0 Å². The lowest BCUT2D eigenvalue weighted by molar-refractivity contribution is 0.726. The van der Waals surface area contributed by atoms with Crippen LogP contribution >= 0.6 is 11.6 Å². The second-order valence-electron chi connectivity index (χ2n) is 3.41. The summed E-state index contributed by atoms with van der Waals surface area (Å²) in [5, 5.41) is 4.12. The van der Waals surface area contributed by atoms with Gasteiger partial charge in [0.2, 0.25) is 0 Å². The summed E-state index contributed by atoms with van der Waals surface area (Å²) in [6.07, 6.45) is 0. The second-order valence-corrected chi connectivity index (χ2v) is 3.82. The first-order valence-electron chi connectivity index (χ1n) is 4.82. The van der Waals surface area contributed by atoms with Gasteiger partial charge in [-0.2, -0.15) is 0 Å². The monoisotopic (exact) mass is 212 g/mol. The normalized spacial score (nSPS) is 10.3. The van der Waals surface area contributed by atoms with Gasteiger partial charge in [0, 0.05) is 36.9 Å². The van der Waals surface area contributed by atoms with Crippen LogP contribution in [-0.2, 0) is 6.54 Å². The van der Waals surface area contributed by atoms with Crippen molar-refractivity contribution in [3.8, 4) is 0 Å². The molecule has 0 bridgehead atoms. The van der Waals surface area contributed by atoms with E-state index in [1.54, 1.807) is 0 Å². The predicted molar refractivity (Wildman–Crippen MR) is 63.2 cm³/mol. The first kappa shape index (κ1) is 11.3. The predicted octanol–water partition coefficient (Wildman–Crippen LogP) is 2.52. The van der Waals surface area contributed by atoms with Crippen LogP contribution in [0.2, 0.25) is 5.02 Å². The van der Waals surface area contributed by atoms with Gasteiger partial charge in [0.1, 0.15) is 0 Å². The van der Waals surface area contributed by atoms with Gasteiger partial charge in [-0.05, 0) is 18.7 Å². The molecule has 3 heteroatoms. The van der Waals surface area contributed by atoms with Crippen LogP contribution in [0, 0.1) is 0 Å². The quantitative estimate of drug-likeness (QED) is 0.825. The Morgan fingerprint density at radius 1 is 1.36 bits per heavy atom. The Bertz CT molecular complexity index is 297. The minimum atomic E-state index is 0.823. The zero-order valence-corrected chi connectivity index (χ0v) is 9.73. The summed E-state index contributed by atoms with van der Waals surface area (Å²) in [7, 11) is 4.06. The topological polar surface area (TPSA) is 15.3 Å². The lowest BCUT2D eigenvalue weighted by atomic mass is 10.1. The van der Waals surface area contributed by atoms with Crippen molar-refractivity contribution in [3.05, 3.63) is 28.8 Å². The zero-order chi connectivity index (χ0) is 10.6. The number of halogens is 1. The molecule has 0 spiro atoms. The Morgan fingerprint density at radius 3 is 2.64 bits per heavy atom. The number of hydrogen-bond acceptors (Lipinski definition) is 2. The zero-order valence-electron chi connectivity index (χ0n) is 8.97. The van der Waals surface area contributed by atoms with Crippen molar-refractivity contribution in [2.75, 3.05) is 25.5 Å². The van der Waals surface area contributed by atoms with Crippen LogP contribution in [0.3, 0.4) is 0 Å². The van der Waals surface area contributed by atoms with E-state index in [4.69, 9.17) is 11.6 Å². The first-order chi connectivity index (χ1) is 6.66. The largest absolute Gasteiger partial charge is 0.377 e. The van der Waals surface area contributed by atoms with E-state index in [0.29, 0.717) is 0 Å². The molecule has 0 aliphatic carbocycles. The number of anilines is 1.